The molecular weight excluding hydrogens is 525 g/mol. The van der Waals surface area contributed by atoms with Crippen LogP contribution in [0.2, 0.25) is 0 Å². The van der Waals surface area contributed by atoms with Crippen molar-refractivity contribution in [2.75, 3.05) is 13.1 Å². The van der Waals surface area contributed by atoms with Crippen molar-refractivity contribution < 1.29 is 8.42 Å². The molecule has 2 aromatic carbocycles. The van der Waals surface area contributed by atoms with E-state index in [2.05, 4.69) is 46.7 Å². The fourth-order valence-electron chi connectivity index (χ4n) is 6.67. The fraction of sp³-hybridized carbons (Fsp3) is 0.581. The number of aryl methyl sites for hydroxylation is 1. The summed E-state index contributed by atoms with van der Waals surface area (Å²) in [5.41, 5.74) is 9.33. The van der Waals surface area contributed by atoms with Crippen molar-refractivity contribution in [3.05, 3.63) is 54.1 Å². The van der Waals surface area contributed by atoms with Crippen LogP contribution in [0.25, 0.3) is 11.1 Å². The van der Waals surface area contributed by atoms with Crippen LogP contribution >= 0.6 is 11.8 Å². The zero-order valence-corrected chi connectivity index (χ0v) is 25.0. The van der Waals surface area contributed by atoms with Crippen molar-refractivity contribution in [1.29, 1.82) is 0 Å². The molecule has 0 bridgehead atoms. The van der Waals surface area contributed by atoms with Crippen LogP contribution < -0.4 is 10.5 Å². The maximum Gasteiger partial charge on any atom is 0.240 e. The number of rotatable bonds is 10. The van der Waals surface area contributed by atoms with Crippen molar-refractivity contribution >= 4 is 27.0 Å². The standard InChI is InChI=1S/C31H44N4O2S2/c1-3-18-35(27-13-16-29-30(21-27)38-31(32)33-29)19-17-23-7-11-26(12-8-23)34-39(36,37)28-14-9-24(10-15-28)25-6-4-5-22(2)20-25/h4-6,9-10,14-15,20,23,26-27,29-30,34H,3,7-8,11-13,16-19,21H2,1-2H3,(H2,32,33). The number of fused-ring (bicyclic) bond motifs is 1. The highest BCUT2D eigenvalue weighted by Crippen LogP contribution is 2.38. The van der Waals surface area contributed by atoms with Crippen molar-refractivity contribution in [3.8, 4) is 11.1 Å². The van der Waals surface area contributed by atoms with Crippen LogP contribution in [0.15, 0.2) is 58.4 Å². The van der Waals surface area contributed by atoms with Crippen LogP contribution in [-0.2, 0) is 10.0 Å². The highest BCUT2D eigenvalue weighted by atomic mass is 32.2. The van der Waals surface area contributed by atoms with Crippen LogP contribution in [0.4, 0.5) is 0 Å². The molecule has 2 fully saturated rings. The average molecular weight is 569 g/mol. The second-order valence-corrected chi connectivity index (χ2v) is 14.7. The van der Waals surface area contributed by atoms with Crippen molar-refractivity contribution in [2.24, 2.45) is 16.6 Å². The summed E-state index contributed by atoms with van der Waals surface area (Å²) in [4.78, 5) is 7.70. The number of nitrogens with one attached hydrogen (secondary N) is 1. The van der Waals surface area contributed by atoms with Gasteiger partial charge in [-0.3, -0.25) is 4.99 Å². The quantitative estimate of drug-likeness (QED) is 0.370. The summed E-state index contributed by atoms with van der Waals surface area (Å²) in [6.45, 7) is 6.64. The van der Waals surface area contributed by atoms with Crippen molar-refractivity contribution in [2.45, 2.75) is 99.9 Å². The lowest BCUT2D eigenvalue weighted by molar-refractivity contribution is 0.137. The van der Waals surface area contributed by atoms with Crippen LogP contribution in [0.5, 0.6) is 0 Å². The van der Waals surface area contributed by atoms with Gasteiger partial charge in [0.2, 0.25) is 10.0 Å². The van der Waals surface area contributed by atoms with Gasteiger partial charge in [-0.2, -0.15) is 0 Å². The van der Waals surface area contributed by atoms with Gasteiger partial charge >= 0.3 is 0 Å². The summed E-state index contributed by atoms with van der Waals surface area (Å²) in [6.07, 6.45) is 9.97. The highest BCUT2D eigenvalue weighted by Gasteiger charge is 2.37. The van der Waals surface area contributed by atoms with Gasteiger partial charge < -0.3 is 10.6 Å². The molecule has 1 heterocycles. The third-order valence-electron chi connectivity index (χ3n) is 8.83. The molecule has 6 nitrogen and oxygen atoms in total. The Bertz CT molecular complexity index is 1240. The lowest BCUT2D eigenvalue weighted by atomic mass is 9.84. The fourth-order valence-corrected chi connectivity index (χ4v) is 9.15. The number of nitrogens with two attached hydrogens (primary N) is 1. The van der Waals surface area contributed by atoms with E-state index in [0.717, 1.165) is 61.5 Å². The van der Waals surface area contributed by atoms with Crippen LogP contribution in [0, 0.1) is 12.8 Å². The highest BCUT2D eigenvalue weighted by molar-refractivity contribution is 8.14. The summed E-state index contributed by atoms with van der Waals surface area (Å²) in [7, 11) is -3.52. The zero-order valence-electron chi connectivity index (χ0n) is 23.4. The lowest BCUT2D eigenvalue weighted by Crippen LogP contribution is -2.44. The molecule has 0 saturated heterocycles. The van der Waals surface area contributed by atoms with Crippen molar-refractivity contribution in [1.82, 2.24) is 9.62 Å². The smallest absolute Gasteiger partial charge is 0.240 e. The predicted molar refractivity (Wildman–Crippen MR) is 164 cm³/mol. The van der Waals surface area contributed by atoms with Gasteiger partial charge in [-0.1, -0.05) is 60.6 Å². The van der Waals surface area contributed by atoms with Gasteiger partial charge in [0.05, 0.1) is 10.9 Å². The second-order valence-electron chi connectivity index (χ2n) is 11.7. The Labute approximate surface area is 239 Å². The Balaban J connectivity index is 1.09. The Hall–Kier alpha value is -1.87. The van der Waals surface area contributed by atoms with E-state index in [9.17, 15) is 8.42 Å². The molecule has 3 unspecified atom stereocenters. The van der Waals surface area contributed by atoms with E-state index in [4.69, 9.17) is 5.73 Å². The first-order valence-corrected chi connectivity index (χ1v) is 17.1. The Kier molecular flexibility index (Phi) is 9.37. The van der Waals surface area contributed by atoms with Gasteiger partial charge in [0, 0.05) is 17.3 Å². The maximum atomic E-state index is 13.1. The molecule has 212 valence electrons. The summed E-state index contributed by atoms with van der Waals surface area (Å²) < 4.78 is 29.2. The van der Waals surface area contributed by atoms with Gasteiger partial charge in [-0.25, -0.2) is 13.1 Å². The number of thioether (sulfide) groups is 1. The van der Waals surface area contributed by atoms with Crippen LogP contribution in [-0.4, -0.2) is 55.0 Å². The maximum absolute atomic E-state index is 13.1. The molecule has 3 N–H and O–H groups in total. The van der Waals surface area contributed by atoms with Gasteiger partial charge in [-0.15, -0.1) is 0 Å². The summed E-state index contributed by atoms with van der Waals surface area (Å²) in [5, 5.41) is 1.34. The molecule has 0 aromatic heterocycles. The topological polar surface area (TPSA) is 87.8 Å². The Morgan fingerprint density at radius 2 is 1.77 bits per heavy atom. The minimum atomic E-state index is -3.52. The number of nitrogens with zero attached hydrogens (tertiary/aromatic N) is 2. The molecule has 5 rings (SSSR count). The summed E-state index contributed by atoms with van der Waals surface area (Å²) in [5.74, 6) is 0.676. The zero-order chi connectivity index (χ0) is 27.4. The van der Waals surface area contributed by atoms with E-state index in [1.807, 2.05) is 18.2 Å². The molecule has 2 aromatic rings. The third-order valence-corrected chi connectivity index (χ3v) is 11.5. The minimum absolute atomic E-state index is 0.0228. The molecule has 39 heavy (non-hydrogen) atoms. The lowest BCUT2D eigenvalue weighted by Gasteiger charge is -2.39. The van der Waals surface area contributed by atoms with E-state index in [1.165, 1.54) is 31.2 Å². The average Bonchev–Trinajstić information content (AvgIpc) is 3.31. The number of sulfonamides is 1. The molecule has 0 amide bonds. The van der Waals surface area contributed by atoms with E-state index in [0.29, 0.717) is 28.1 Å². The van der Waals surface area contributed by atoms with Gasteiger partial charge in [0.25, 0.3) is 0 Å². The van der Waals surface area contributed by atoms with Gasteiger partial charge in [0.15, 0.2) is 5.17 Å². The summed E-state index contributed by atoms with van der Waals surface area (Å²) >= 11 is 1.78. The number of hydrogen-bond acceptors (Lipinski definition) is 6. The molecule has 2 saturated carbocycles. The van der Waals surface area contributed by atoms with E-state index < -0.39 is 10.0 Å². The van der Waals surface area contributed by atoms with Crippen LogP contribution in [0.1, 0.15) is 70.3 Å². The SMILES string of the molecule is CCCN(CCC1CCC(NS(=O)(=O)c2ccc(-c3cccc(C)c3)cc2)CC1)C1CCC2N=C(N)SC2C1. The Morgan fingerprint density at radius 3 is 2.49 bits per heavy atom. The molecule has 0 spiro atoms. The number of aliphatic imine (C=N–C) groups is 1. The monoisotopic (exact) mass is 568 g/mol. The normalized spacial score (nSPS) is 27.4. The van der Waals surface area contributed by atoms with Crippen molar-refractivity contribution in [3.63, 3.8) is 0 Å². The first kappa shape index (κ1) is 28.7. The molecule has 8 heteroatoms. The predicted octanol–water partition coefficient (Wildman–Crippen LogP) is 5.95. The Morgan fingerprint density at radius 1 is 1.00 bits per heavy atom. The largest absolute Gasteiger partial charge is 0.379 e. The first-order chi connectivity index (χ1) is 18.8. The van der Waals surface area contributed by atoms with E-state index in [-0.39, 0.29) is 6.04 Å². The summed E-state index contributed by atoms with van der Waals surface area (Å²) in [6, 6.07) is 16.6. The first-order valence-electron chi connectivity index (χ1n) is 14.7. The molecule has 3 aliphatic rings. The van der Waals surface area contributed by atoms with E-state index in [1.54, 1.807) is 23.9 Å². The number of amidine groups is 1. The van der Waals surface area contributed by atoms with E-state index >= 15 is 0 Å². The molecule has 2 aliphatic carbocycles. The van der Waals surface area contributed by atoms with Gasteiger partial charge in [-0.05, 0) is 107 Å². The molecular formula is C31H44N4O2S2. The second kappa shape index (κ2) is 12.8. The molecule has 3 atom stereocenters. The molecule has 1 aliphatic heterocycles. The third kappa shape index (κ3) is 7.26. The van der Waals surface area contributed by atoms with Crippen LogP contribution in [0.3, 0.4) is 0 Å². The molecule has 0 radical (unpaired) electrons. The van der Waals surface area contributed by atoms with Gasteiger partial charge in [0.1, 0.15) is 0 Å². The number of benzene rings is 2. The number of hydrogen-bond donors (Lipinski definition) is 2. The minimum Gasteiger partial charge on any atom is -0.379 e.